The molecule has 0 unspecified atom stereocenters. The Morgan fingerprint density at radius 2 is 0.825 bits per heavy atom. The molecule has 0 N–H and O–H groups in total. The van der Waals surface area contributed by atoms with Crippen molar-refractivity contribution in [3.63, 3.8) is 0 Å². The summed E-state index contributed by atoms with van der Waals surface area (Å²) in [5, 5.41) is 6.12. The van der Waals surface area contributed by atoms with Gasteiger partial charge in [-0.3, -0.25) is 0 Å². The molecule has 2 fully saturated rings. The third-order valence-corrected chi connectivity index (χ3v) is 9.74. The zero-order valence-corrected chi connectivity index (χ0v) is 31.9. The standard InChI is InChI=1S/2C18H23.2ClH.2Zr/c2*1-12-9-10-16(15-7-5-4-6-8-15)18-14(3)13(2)11-17(12)18;;;;/h2*9-11,15H,4-8H2,1-3H3;2*1H;;/q2*-1;;;2*+2/p-2. The molecular formula is C36H46Cl2Zr2. The van der Waals surface area contributed by atoms with Crippen molar-refractivity contribution in [3.8, 4) is 0 Å². The molecule has 4 aromatic rings. The topological polar surface area (TPSA) is 0 Å². The van der Waals surface area contributed by atoms with Gasteiger partial charge >= 0.3 is 52.4 Å². The van der Waals surface area contributed by atoms with Gasteiger partial charge in [-0.05, 0) is 37.5 Å². The van der Waals surface area contributed by atoms with E-state index in [2.05, 4.69) is 77.9 Å². The van der Waals surface area contributed by atoms with Crippen molar-refractivity contribution in [2.24, 2.45) is 0 Å². The Hall–Kier alpha value is 0.00623. The summed E-state index contributed by atoms with van der Waals surface area (Å²) in [4.78, 5) is 0. The van der Waals surface area contributed by atoms with E-state index in [0.717, 1.165) is 11.8 Å². The maximum absolute atomic E-state index is 2.40. The third-order valence-electron chi connectivity index (χ3n) is 9.74. The minimum absolute atomic E-state index is 0. The van der Waals surface area contributed by atoms with Crippen LogP contribution in [0.25, 0.3) is 21.5 Å². The average molecular weight is 732 g/mol. The van der Waals surface area contributed by atoms with Gasteiger partial charge in [0.15, 0.2) is 0 Å². The molecule has 2 aliphatic carbocycles. The van der Waals surface area contributed by atoms with Crippen LogP contribution in [0.1, 0.15) is 121 Å². The smallest absolute Gasteiger partial charge is 1.00 e. The van der Waals surface area contributed by atoms with Gasteiger partial charge in [0.05, 0.1) is 0 Å². The van der Waals surface area contributed by atoms with Crippen LogP contribution in [0.3, 0.4) is 0 Å². The van der Waals surface area contributed by atoms with Gasteiger partial charge in [0.25, 0.3) is 0 Å². The molecule has 0 amide bonds. The molecule has 0 aromatic heterocycles. The summed E-state index contributed by atoms with van der Waals surface area (Å²) in [5.41, 5.74) is 12.0. The summed E-state index contributed by atoms with van der Waals surface area (Å²) in [7, 11) is 0. The van der Waals surface area contributed by atoms with Gasteiger partial charge in [-0.2, -0.15) is 11.1 Å². The monoisotopic (exact) mass is 728 g/mol. The largest absolute Gasteiger partial charge is 2.00 e. The Kier molecular flexibility index (Phi) is 15.9. The molecule has 2 saturated carbocycles. The van der Waals surface area contributed by atoms with Crippen molar-refractivity contribution in [1.82, 2.24) is 0 Å². The molecule has 4 heteroatoms. The van der Waals surface area contributed by atoms with Crippen LogP contribution in [0.4, 0.5) is 0 Å². The Balaban J connectivity index is 0.000000364. The van der Waals surface area contributed by atoms with Crippen molar-refractivity contribution >= 4 is 21.5 Å². The van der Waals surface area contributed by atoms with Gasteiger partial charge in [-0.1, -0.05) is 103 Å². The number of hydrogen-bond donors (Lipinski definition) is 0. The first-order valence-electron chi connectivity index (χ1n) is 14.7. The number of hydrogen-bond acceptors (Lipinski definition) is 0. The van der Waals surface area contributed by atoms with Gasteiger partial charge in [-0.15, -0.1) is 68.1 Å². The SMILES string of the molecule is Cc1[cH-]c2c(C)ccc(C3CCCCC3)c2c1C.Cc1[cH-]c2c(C)ccc(C3CCCCC3)c2c1C.[Cl-].[Cl-].[Zr+2].[Zr+2]. The fourth-order valence-electron chi connectivity index (χ4n) is 7.24. The van der Waals surface area contributed by atoms with Gasteiger partial charge < -0.3 is 24.8 Å². The van der Waals surface area contributed by atoms with E-state index < -0.39 is 0 Å². The molecule has 4 aromatic carbocycles. The average Bonchev–Trinajstić information content (AvgIpc) is 3.38. The quantitative estimate of drug-likeness (QED) is 0.253. The third kappa shape index (κ3) is 7.74. The van der Waals surface area contributed by atoms with E-state index in [-0.39, 0.29) is 77.2 Å². The second-order valence-corrected chi connectivity index (χ2v) is 12.1. The van der Waals surface area contributed by atoms with Crippen LogP contribution in [0.5, 0.6) is 0 Å². The molecular weight excluding hydrogens is 686 g/mol. The Labute approximate surface area is 294 Å². The molecule has 212 valence electrons. The normalized spacial score (nSPS) is 15.8. The molecule has 0 bridgehead atoms. The number of benzene rings is 2. The van der Waals surface area contributed by atoms with E-state index in [4.69, 9.17) is 0 Å². The minimum Gasteiger partial charge on any atom is -1.00 e. The van der Waals surface area contributed by atoms with Crippen LogP contribution < -0.4 is 24.8 Å². The minimum atomic E-state index is 0. The summed E-state index contributed by atoms with van der Waals surface area (Å²) in [5.74, 6) is 1.62. The van der Waals surface area contributed by atoms with Crippen LogP contribution in [0.15, 0.2) is 36.4 Å². The van der Waals surface area contributed by atoms with E-state index in [9.17, 15) is 0 Å². The Bertz CT molecular complexity index is 1260. The molecule has 6 rings (SSSR count). The van der Waals surface area contributed by atoms with Crippen LogP contribution in [0.2, 0.25) is 0 Å². The summed E-state index contributed by atoms with van der Waals surface area (Å²) in [6.07, 6.45) is 14.1. The first kappa shape index (κ1) is 38.0. The van der Waals surface area contributed by atoms with E-state index in [1.54, 1.807) is 21.9 Å². The molecule has 0 aliphatic heterocycles. The van der Waals surface area contributed by atoms with Gasteiger partial charge in [0.1, 0.15) is 0 Å². The predicted octanol–water partition coefficient (Wildman–Crippen LogP) is 5.07. The zero-order valence-electron chi connectivity index (χ0n) is 25.4. The van der Waals surface area contributed by atoms with Crippen LogP contribution in [-0.4, -0.2) is 0 Å². The molecule has 0 nitrogen and oxygen atoms in total. The summed E-state index contributed by atoms with van der Waals surface area (Å²) in [6, 6.07) is 14.2. The zero-order chi connectivity index (χ0) is 25.4. The van der Waals surface area contributed by atoms with E-state index in [0.29, 0.717) is 0 Å². The summed E-state index contributed by atoms with van der Waals surface area (Å²) in [6.45, 7) is 13.6. The molecule has 0 spiro atoms. The fraction of sp³-hybridized carbons (Fsp3) is 0.500. The Morgan fingerprint density at radius 1 is 0.500 bits per heavy atom. The Morgan fingerprint density at radius 3 is 1.15 bits per heavy atom. The molecule has 0 radical (unpaired) electrons. The maximum atomic E-state index is 2.40. The van der Waals surface area contributed by atoms with Crippen molar-refractivity contribution < 1.29 is 77.2 Å². The van der Waals surface area contributed by atoms with Crippen molar-refractivity contribution in [2.75, 3.05) is 0 Å². The number of halogens is 2. The molecule has 40 heavy (non-hydrogen) atoms. The molecule has 2 aliphatic rings. The second-order valence-electron chi connectivity index (χ2n) is 12.1. The first-order valence-corrected chi connectivity index (χ1v) is 14.7. The van der Waals surface area contributed by atoms with Gasteiger partial charge in [-0.25, -0.2) is 0 Å². The van der Waals surface area contributed by atoms with Crippen LogP contribution in [-0.2, 0) is 52.4 Å². The predicted molar refractivity (Wildman–Crippen MR) is 159 cm³/mol. The number of fused-ring (bicyclic) bond motifs is 2. The fourth-order valence-corrected chi connectivity index (χ4v) is 7.24. The second kappa shape index (κ2) is 16.7. The van der Waals surface area contributed by atoms with Gasteiger partial charge in [0.2, 0.25) is 0 Å². The van der Waals surface area contributed by atoms with Gasteiger partial charge in [0, 0.05) is 0 Å². The molecule has 0 heterocycles. The molecule has 0 atom stereocenters. The van der Waals surface area contributed by atoms with Crippen molar-refractivity contribution in [2.45, 2.75) is 118 Å². The number of aryl methyl sites for hydroxylation is 6. The summed E-state index contributed by atoms with van der Waals surface area (Å²) < 4.78 is 0. The summed E-state index contributed by atoms with van der Waals surface area (Å²) >= 11 is 0. The van der Waals surface area contributed by atoms with Crippen LogP contribution >= 0.6 is 0 Å². The van der Waals surface area contributed by atoms with Crippen LogP contribution in [0, 0.1) is 41.5 Å². The van der Waals surface area contributed by atoms with E-state index in [1.165, 1.54) is 108 Å². The molecule has 0 saturated heterocycles. The number of rotatable bonds is 2. The van der Waals surface area contributed by atoms with E-state index >= 15 is 0 Å². The van der Waals surface area contributed by atoms with Crippen molar-refractivity contribution in [3.05, 3.63) is 80.9 Å². The van der Waals surface area contributed by atoms with Crippen molar-refractivity contribution in [1.29, 1.82) is 0 Å². The van der Waals surface area contributed by atoms with E-state index in [1.807, 2.05) is 0 Å². The first-order chi connectivity index (χ1) is 17.4. The maximum Gasteiger partial charge on any atom is 2.00 e.